The summed E-state index contributed by atoms with van der Waals surface area (Å²) >= 11 is 0. The van der Waals surface area contributed by atoms with E-state index in [9.17, 15) is 4.79 Å². The number of rotatable bonds is 2. The van der Waals surface area contributed by atoms with Crippen molar-refractivity contribution in [3.8, 4) is 0 Å². The Kier molecular flexibility index (Phi) is 2.77. The first-order valence-corrected chi connectivity index (χ1v) is 5.23. The Morgan fingerprint density at radius 2 is 2.40 bits per heavy atom. The zero-order valence-electron chi connectivity index (χ0n) is 9.04. The van der Waals surface area contributed by atoms with Crippen LogP contribution in [0.5, 0.6) is 0 Å². The van der Waals surface area contributed by atoms with Gasteiger partial charge in [-0.05, 0) is 25.5 Å². The van der Waals surface area contributed by atoms with Crippen LogP contribution in [0.1, 0.15) is 23.0 Å². The van der Waals surface area contributed by atoms with Crippen molar-refractivity contribution in [1.29, 1.82) is 0 Å². The average molecular weight is 208 g/mol. The summed E-state index contributed by atoms with van der Waals surface area (Å²) in [5.41, 5.74) is 0.603. The molecule has 2 heterocycles. The molecule has 0 bridgehead atoms. The predicted molar refractivity (Wildman–Crippen MR) is 56.7 cm³/mol. The van der Waals surface area contributed by atoms with Gasteiger partial charge in [-0.1, -0.05) is 6.92 Å². The molecule has 0 saturated carbocycles. The van der Waals surface area contributed by atoms with E-state index in [1.165, 1.54) is 6.26 Å². The molecule has 4 heteroatoms. The van der Waals surface area contributed by atoms with Crippen LogP contribution in [-0.4, -0.2) is 25.0 Å². The summed E-state index contributed by atoms with van der Waals surface area (Å²) in [6.07, 6.45) is 1.50. The topological polar surface area (TPSA) is 54.3 Å². The molecule has 0 spiro atoms. The van der Waals surface area contributed by atoms with E-state index in [4.69, 9.17) is 4.42 Å². The molecule has 1 fully saturated rings. The van der Waals surface area contributed by atoms with Crippen LogP contribution in [0.4, 0.5) is 0 Å². The fraction of sp³-hybridized carbons (Fsp3) is 0.545. The summed E-state index contributed by atoms with van der Waals surface area (Å²) in [5, 5.41) is 6.24. The fourth-order valence-corrected chi connectivity index (χ4v) is 1.82. The summed E-state index contributed by atoms with van der Waals surface area (Å²) in [4.78, 5) is 11.8. The molecule has 0 radical (unpaired) electrons. The Balaban J connectivity index is 1.97. The second-order valence-electron chi connectivity index (χ2n) is 4.16. The van der Waals surface area contributed by atoms with Crippen molar-refractivity contribution in [2.24, 2.45) is 5.92 Å². The van der Waals surface area contributed by atoms with Crippen LogP contribution in [0, 0.1) is 12.8 Å². The average Bonchev–Trinajstić information content (AvgIpc) is 2.77. The van der Waals surface area contributed by atoms with E-state index in [2.05, 4.69) is 17.6 Å². The van der Waals surface area contributed by atoms with Gasteiger partial charge < -0.3 is 15.1 Å². The Labute approximate surface area is 89.0 Å². The number of carbonyl (C=O) groups excluding carboxylic acids is 1. The standard InChI is InChI=1S/C11H16N2O2/c1-7-4-12-5-10(7)13-11(14)9-3-8(2)15-6-9/h3,6-7,10,12H,4-5H2,1-2H3,(H,13,14). The monoisotopic (exact) mass is 208 g/mol. The molecule has 1 aliphatic heterocycles. The molecule has 4 nitrogen and oxygen atoms in total. The molecular formula is C11H16N2O2. The number of carbonyl (C=O) groups is 1. The molecule has 15 heavy (non-hydrogen) atoms. The Bertz CT molecular complexity index is 359. The SMILES string of the molecule is Cc1cc(C(=O)NC2CNCC2C)co1. The summed E-state index contributed by atoms with van der Waals surface area (Å²) in [6, 6.07) is 1.98. The molecule has 1 aliphatic rings. The molecule has 0 aromatic carbocycles. The first kappa shape index (κ1) is 10.2. The van der Waals surface area contributed by atoms with Gasteiger partial charge in [0.05, 0.1) is 5.56 Å². The minimum Gasteiger partial charge on any atom is -0.469 e. The molecule has 1 aromatic rings. The van der Waals surface area contributed by atoms with Crippen LogP contribution >= 0.6 is 0 Å². The van der Waals surface area contributed by atoms with Crippen molar-refractivity contribution in [2.45, 2.75) is 19.9 Å². The van der Waals surface area contributed by atoms with Gasteiger partial charge in [-0.25, -0.2) is 0 Å². The van der Waals surface area contributed by atoms with Crippen molar-refractivity contribution < 1.29 is 9.21 Å². The lowest BCUT2D eigenvalue weighted by Gasteiger charge is -2.15. The first-order valence-electron chi connectivity index (χ1n) is 5.23. The lowest BCUT2D eigenvalue weighted by Crippen LogP contribution is -2.39. The van der Waals surface area contributed by atoms with Gasteiger partial charge in [0.25, 0.3) is 5.91 Å². The van der Waals surface area contributed by atoms with Gasteiger partial charge in [0, 0.05) is 12.6 Å². The molecule has 82 valence electrons. The van der Waals surface area contributed by atoms with Gasteiger partial charge in [0.1, 0.15) is 12.0 Å². The molecule has 1 aromatic heterocycles. The van der Waals surface area contributed by atoms with Crippen LogP contribution in [0.2, 0.25) is 0 Å². The van der Waals surface area contributed by atoms with Crippen LogP contribution < -0.4 is 10.6 Å². The van der Waals surface area contributed by atoms with E-state index in [0.717, 1.165) is 18.8 Å². The molecule has 2 N–H and O–H groups in total. The molecule has 2 unspecified atom stereocenters. The molecular weight excluding hydrogens is 192 g/mol. The van der Waals surface area contributed by atoms with Crippen molar-refractivity contribution in [3.05, 3.63) is 23.7 Å². The smallest absolute Gasteiger partial charge is 0.254 e. The molecule has 1 saturated heterocycles. The maximum absolute atomic E-state index is 11.8. The quantitative estimate of drug-likeness (QED) is 0.760. The van der Waals surface area contributed by atoms with Gasteiger partial charge in [-0.3, -0.25) is 4.79 Å². The van der Waals surface area contributed by atoms with Crippen LogP contribution in [-0.2, 0) is 0 Å². The maximum Gasteiger partial charge on any atom is 0.254 e. The number of nitrogens with one attached hydrogen (secondary N) is 2. The Morgan fingerprint density at radius 1 is 1.60 bits per heavy atom. The molecule has 1 amide bonds. The number of hydrogen-bond acceptors (Lipinski definition) is 3. The van der Waals surface area contributed by atoms with E-state index < -0.39 is 0 Å². The number of aryl methyl sites for hydroxylation is 1. The van der Waals surface area contributed by atoms with Crippen molar-refractivity contribution >= 4 is 5.91 Å². The summed E-state index contributed by atoms with van der Waals surface area (Å²) < 4.78 is 5.10. The third kappa shape index (κ3) is 2.21. The second-order valence-corrected chi connectivity index (χ2v) is 4.16. The van der Waals surface area contributed by atoms with Crippen LogP contribution in [0.15, 0.2) is 16.7 Å². The van der Waals surface area contributed by atoms with Gasteiger partial charge in [-0.2, -0.15) is 0 Å². The van der Waals surface area contributed by atoms with E-state index >= 15 is 0 Å². The zero-order chi connectivity index (χ0) is 10.8. The minimum absolute atomic E-state index is 0.0487. The lowest BCUT2D eigenvalue weighted by atomic mass is 10.1. The van der Waals surface area contributed by atoms with E-state index in [1.54, 1.807) is 6.07 Å². The Hall–Kier alpha value is -1.29. The third-order valence-electron chi connectivity index (χ3n) is 2.83. The molecule has 0 aliphatic carbocycles. The second kappa shape index (κ2) is 4.06. The summed E-state index contributed by atoms with van der Waals surface area (Å²) in [7, 11) is 0. The largest absolute Gasteiger partial charge is 0.469 e. The maximum atomic E-state index is 11.8. The van der Waals surface area contributed by atoms with Gasteiger partial charge >= 0.3 is 0 Å². The highest BCUT2D eigenvalue weighted by molar-refractivity contribution is 5.94. The van der Waals surface area contributed by atoms with Gasteiger partial charge in [-0.15, -0.1) is 0 Å². The minimum atomic E-state index is -0.0487. The van der Waals surface area contributed by atoms with Gasteiger partial charge in [0.15, 0.2) is 0 Å². The first-order chi connectivity index (χ1) is 7.16. The molecule has 2 atom stereocenters. The predicted octanol–water partition coefficient (Wildman–Crippen LogP) is 0.926. The van der Waals surface area contributed by atoms with Gasteiger partial charge in [0.2, 0.25) is 0 Å². The fourth-order valence-electron chi connectivity index (χ4n) is 1.82. The number of furan rings is 1. The highest BCUT2D eigenvalue weighted by Crippen LogP contribution is 2.10. The molecule has 2 rings (SSSR count). The highest BCUT2D eigenvalue weighted by Gasteiger charge is 2.25. The zero-order valence-corrected chi connectivity index (χ0v) is 9.04. The highest BCUT2D eigenvalue weighted by atomic mass is 16.3. The van der Waals surface area contributed by atoms with E-state index in [-0.39, 0.29) is 11.9 Å². The van der Waals surface area contributed by atoms with E-state index in [0.29, 0.717) is 11.5 Å². The Morgan fingerprint density at radius 3 is 2.93 bits per heavy atom. The summed E-state index contributed by atoms with van der Waals surface area (Å²) in [5.74, 6) is 1.20. The number of amides is 1. The van der Waals surface area contributed by atoms with Crippen molar-refractivity contribution in [1.82, 2.24) is 10.6 Å². The van der Waals surface area contributed by atoms with Crippen molar-refractivity contribution in [2.75, 3.05) is 13.1 Å². The summed E-state index contributed by atoms with van der Waals surface area (Å²) in [6.45, 7) is 5.78. The van der Waals surface area contributed by atoms with Crippen LogP contribution in [0.25, 0.3) is 0 Å². The van der Waals surface area contributed by atoms with E-state index in [1.807, 2.05) is 6.92 Å². The van der Waals surface area contributed by atoms with Crippen molar-refractivity contribution in [3.63, 3.8) is 0 Å². The lowest BCUT2D eigenvalue weighted by molar-refractivity contribution is 0.0932. The number of hydrogen-bond donors (Lipinski definition) is 2. The van der Waals surface area contributed by atoms with Crippen LogP contribution in [0.3, 0.4) is 0 Å². The third-order valence-corrected chi connectivity index (χ3v) is 2.83. The normalized spacial score (nSPS) is 25.5.